The normalized spacial score (nSPS) is 25.0. The highest BCUT2D eigenvalue weighted by Gasteiger charge is 2.39. The highest BCUT2D eigenvalue weighted by molar-refractivity contribution is 7.89. The zero-order chi connectivity index (χ0) is 23.7. The van der Waals surface area contributed by atoms with Crippen molar-refractivity contribution in [3.05, 3.63) is 45.7 Å². The van der Waals surface area contributed by atoms with Crippen molar-refractivity contribution in [3.8, 4) is 0 Å². The SMILES string of the molecule is CS(=O)(=O)NC(=O)CCC/C=C/C[C@@H]1[C@@H](/C=C/[C@@H](O)CCc2ccc(Cl)s2)[C@H](O)C[C@@H]1O. The second kappa shape index (κ2) is 12.9. The van der Waals surface area contributed by atoms with E-state index in [0.717, 1.165) is 15.5 Å². The zero-order valence-corrected chi connectivity index (χ0v) is 20.5. The first-order valence-electron chi connectivity index (χ1n) is 10.7. The number of nitrogens with one attached hydrogen (secondary N) is 1. The molecule has 1 heterocycles. The molecule has 1 aromatic heterocycles. The predicted octanol–water partition coefficient (Wildman–Crippen LogP) is 2.80. The van der Waals surface area contributed by atoms with Crippen LogP contribution in [0.1, 0.15) is 43.4 Å². The van der Waals surface area contributed by atoms with E-state index >= 15 is 0 Å². The second-order valence-electron chi connectivity index (χ2n) is 8.21. The Labute approximate surface area is 198 Å². The van der Waals surface area contributed by atoms with E-state index in [9.17, 15) is 28.5 Å². The van der Waals surface area contributed by atoms with Crippen molar-refractivity contribution in [2.75, 3.05) is 6.26 Å². The van der Waals surface area contributed by atoms with Crippen molar-refractivity contribution in [2.24, 2.45) is 11.8 Å². The van der Waals surface area contributed by atoms with Crippen LogP contribution in [0, 0.1) is 11.8 Å². The van der Waals surface area contributed by atoms with Crippen LogP contribution in [0.3, 0.4) is 0 Å². The monoisotopic (exact) mass is 505 g/mol. The van der Waals surface area contributed by atoms with Crippen molar-refractivity contribution in [2.45, 2.75) is 63.3 Å². The molecule has 0 aromatic carbocycles. The summed E-state index contributed by atoms with van der Waals surface area (Å²) in [4.78, 5) is 12.6. The van der Waals surface area contributed by atoms with Crippen molar-refractivity contribution in [1.29, 1.82) is 0 Å². The van der Waals surface area contributed by atoms with Crippen LogP contribution in [0.25, 0.3) is 0 Å². The molecule has 1 fully saturated rings. The summed E-state index contributed by atoms with van der Waals surface area (Å²) in [6, 6.07) is 3.78. The first-order chi connectivity index (χ1) is 15.0. The van der Waals surface area contributed by atoms with Gasteiger partial charge >= 0.3 is 0 Å². The first kappa shape index (κ1) is 27.0. The number of unbranched alkanes of at least 4 members (excludes halogenated alkanes) is 1. The van der Waals surface area contributed by atoms with E-state index in [-0.39, 0.29) is 18.3 Å². The topological polar surface area (TPSA) is 124 Å². The number of carbonyl (C=O) groups excluding carboxylic acids is 1. The van der Waals surface area contributed by atoms with Crippen LogP contribution in [0.4, 0.5) is 0 Å². The number of aliphatic hydroxyl groups excluding tert-OH is 3. The number of carbonyl (C=O) groups is 1. The standard InChI is InChI=1S/C22H32ClNO6S2/c1-32(29,30)24-22(28)7-5-3-2-4-6-17-18(20(27)14-19(17)26)12-9-15(25)8-10-16-11-13-21(23)31-16/h2,4,9,11-13,15,17-20,25-27H,3,5-8,10,14H2,1H3,(H,24,28)/b4-2+,12-9+/t15-,17+,18+,19-,20+/m0/s1. The van der Waals surface area contributed by atoms with Crippen LogP contribution in [0.15, 0.2) is 36.4 Å². The van der Waals surface area contributed by atoms with Crippen LogP contribution in [0.5, 0.6) is 0 Å². The van der Waals surface area contributed by atoms with E-state index < -0.39 is 34.2 Å². The lowest BCUT2D eigenvalue weighted by molar-refractivity contribution is -0.119. The highest BCUT2D eigenvalue weighted by Crippen LogP contribution is 2.36. The minimum Gasteiger partial charge on any atom is -0.393 e. The molecular formula is C22H32ClNO6S2. The van der Waals surface area contributed by atoms with Gasteiger partial charge in [-0.05, 0) is 50.2 Å². The van der Waals surface area contributed by atoms with Gasteiger partial charge in [0.15, 0.2) is 0 Å². The maximum Gasteiger partial charge on any atom is 0.233 e. The molecule has 7 nitrogen and oxygen atoms in total. The molecule has 1 amide bonds. The van der Waals surface area contributed by atoms with Gasteiger partial charge in [-0.3, -0.25) is 9.52 Å². The Balaban J connectivity index is 1.77. The van der Waals surface area contributed by atoms with Gasteiger partial charge < -0.3 is 15.3 Å². The number of sulfonamides is 1. The fourth-order valence-corrected chi connectivity index (χ4v) is 5.46. The second-order valence-corrected chi connectivity index (χ2v) is 11.8. The molecule has 1 saturated carbocycles. The number of aryl methyl sites for hydroxylation is 1. The highest BCUT2D eigenvalue weighted by atomic mass is 35.5. The molecular weight excluding hydrogens is 474 g/mol. The van der Waals surface area contributed by atoms with Gasteiger partial charge in [0.2, 0.25) is 15.9 Å². The molecule has 0 aliphatic heterocycles. The number of allylic oxidation sites excluding steroid dienone is 2. The van der Waals surface area contributed by atoms with Crippen molar-refractivity contribution in [1.82, 2.24) is 4.72 Å². The first-order valence-corrected chi connectivity index (χ1v) is 13.8. The quantitative estimate of drug-likeness (QED) is 0.256. The number of hydrogen-bond acceptors (Lipinski definition) is 7. The van der Waals surface area contributed by atoms with Gasteiger partial charge in [0, 0.05) is 23.6 Å². The van der Waals surface area contributed by atoms with E-state index in [2.05, 4.69) is 0 Å². The van der Waals surface area contributed by atoms with Gasteiger partial charge in [0.05, 0.1) is 28.9 Å². The molecule has 2 rings (SSSR count). The van der Waals surface area contributed by atoms with Crippen LogP contribution < -0.4 is 4.72 Å². The summed E-state index contributed by atoms with van der Waals surface area (Å²) in [7, 11) is -3.53. The number of thiophene rings is 1. The Morgan fingerprint density at radius 1 is 1.31 bits per heavy atom. The summed E-state index contributed by atoms with van der Waals surface area (Å²) in [6.45, 7) is 0. The lowest BCUT2D eigenvalue weighted by atomic mass is 9.89. The van der Waals surface area contributed by atoms with Gasteiger partial charge in [-0.2, -0.15) is 0 Å². The van der Waals surface area contributed by atoms with E-state index in [1.807, 2.05) is 29.0 Å². The molecule has 0 saturated heterocycles. The summed E-state index contributed by atoms with van der Waals surface area (Å²) in [5.74, 6) is -0.934. The Hall–Kier alpha value is -1.23. The Kier molecular flexibility index (Phi) is 10.9. The molecule has 32 heavy (non-hydrogen) atoms. The zero-order valence-electron chi connectivity index (χ0n) is 18.1. The third-order valence-electron chi connectivity index (χ3n) is 5.44. The molecule has 0 radical (unpaired) electrons. The number of amides is 1. The Bertz CT molecular complexity index is 898. The molecule has 1 aliphatic rings. The van der Waals surface area contributed by atoms with Crippen LogP contribution >= 0.6 is 22.9 Å². The number of halogens is 1. The van der Waals surface area contributed by atoms with Gasteiger partial charge in [0.1, 0.15) is 0 Å². The fraction of sp³-hybridized carbons (Fsp3) is 0.591. The van der Waals surface area contributed by atoms with E-state index in [1.54, 1.807) is 12.2 Å². The summed E-state index contributed by atoms with van der Waals surface area (Å²) in [5, 5.41) is 30.9. The summed E-state index contributed by atoms with van der Waals surface area (Å²) in [6.07, 6.45) is 9.67. The average molecular weight is 506 g/mol. The molecule has 180 valence electrons. The molecule has 0 bridgehead atoms. The molecule has 4 N–H and O–H groups in total. The van der Waals surface area contributed by atoms with E-state index in [1.165, 1.54) is 11.3 Å². The molecule has 1 aromatic rings. The summed E-state index contributed by atoms with van der Waals surface area (Å²) < 4.78 is 24.6. The van der Waals surface area contributed by atoms with Crippen molar-refractivity contribution in [3.63, 3.8) is 0 Å². The van der Waals surface area contributed by atoms with Gasteiger partial charge in [-0.15, -0.1) is 11.3 Å². The largest absolute Gasteiger partial charge is 0.393 e. The number of rotatable bonds is 12. The van der Waals surface area contributed by atoms with Crippen molar-refractivity contribution < 1.29 is 28.5 Å². The van der Waals surface area contributed by atoms with Gasteiger partial charge in [-0.25, -0.2) is 8.42 Å². The number of hydrogen-bond donors (Lipinski definition) is 4. The lowest BCUT2D eigenvalue weighted by Gasteiger charge is -2.19. The lowest BCUT2D eigenvalue weighted by Crippen LogP contribution is -2.28. The van der Waals surface area contributed by atoms with E-state index in [0.29, 0.717) is 38.5 Å². The van der Waals surface area contributed by atoms with Gasteiger partial charge in [-0.1, -0.05) is 35.9 Å². The molecule has 1 aliphatic carbocycles. The van der Waals surface area contributed by atoms with Crippen LogP contribution in [0.2, 0.25) is 4.34 Å². The average Bonchev–Trinajstić information content (AvgIpc) is 3.22. The van der Waals surface area contributed by atoms with E-state index in [4.69, 9.17) is 11.6 Å². The maximum atomic E-state index is 11.5. The Morgan fingerprint density at radius 2 is 2.06 bits per heavy atom. The third-order valence-corrected chi connectivity index (χ3v) is 7.32. The molecule has 10 heteroatoms. The number of aliphatic hydroxyl groups is 3. The van der Waals surface area contributed by atoms with Crippen LogP contribution in [-0.4, -0.2) is 54.2 Å². The Morgan fingerprint density at radius 3 is 2.72 bits per heavy atom. The summed E-state index contributed by atoms with van der Waals surface area (Å²) >= 11 is 7.41. The third kappa shape index (κ3) is 9.72. The molecule has 0 unspecified atom stereocenters. The maximum absolute atomic E-state index is 11.5. The van der Waals surface area contributed by atoms with Crippen LogP contribution in [-0.2, 0) is 21.2 Å². The van der Waals surface area contributed by atoms with Gasteiger partial charge in [0.25, 0.3) is 0 Å². The predicted molar refractivity (Wildman–Crippen MR) is 127 cm³/mol. The fourth-order valence-electron chi connectivity index (χ4n) is 3.84. The van der Waals surface area contributed by atoms with Crippen molar-refractivity contribution >= 4 is 38.9 Å². The molecule has 5 atom stereocenters. The summed E-state index contributed by atoms with van der Waals surface area (Å²) in [5.41, 5.74) is 0. The minimum absolute atomic E-state index is 0.114. The molecule has 0 spiro atoms. The smallest absolute Gasteiger partial charge is 0.233 e. The minimum atomic E-state index is -3.53.